The second-order valence-electron chi connectivity index (χ2n) is 4.65. The molecule has 0 spiro atoms. The molecule has 2 aromatic rings. The van der Waals surface area contributed by atoms with E-state index in [0.29, 0.717) is 17.1 Å². The van der Waals surface area contributed by atoms with Crippen LogP contribution in [0.15, 0.2) is 42.5 Å². The van der Waals surface area contributed by atoms with Crippen molar-refractivity contribution in [3.8, 4) is 0 Å². The summed E-state index contributed by atoms with van der Waals surface area (Å²) in [5.41, 5.74) is 8.96. The lowest BCUT2D eigenvalue weighted by Crippen LogP contribution is -2.13. The minimum Gasteiger partial charge on any atom is -0.330 e. The van der Waals surface area contributed by atoms with Crippen molar-refractivity contribution in [2.45, 2.75) is 13.3 Å². The van der Waals surface area contributed by atoms with Gasteiger partial charge in [-0.15, -0.1) is 0 Å². The lowest BCUT2D eigenvalue weighted by molar-refractivity contribution is 0.102. The zero-order valence-electron chi connectivity index (χ0n) is 11.3. The monoisotopic (exact) mass is 288 g/mol. The fourth-order valence-electron chi connectivity index (χ4n) is 1.95. The largest absolute Gasteiger partial charge is 0.330 e. The fraction of sp³-hybridized carbons (Fsp3) is 0.188. The number of halogens is 1. The van der Waals surface area contributed by atoms with Crippen molar-refractivity contribution in [1.29, 1.82) is 0 Å². The second kappa shape index (κ2) is 6.55. The molecule has 0 saturated heterocycles. The molecule has 2 aromatic carbocycles. The molecule has 0 unspecified atom stereocenters. The molecule has 0 radical (unpaired) electrons. The summed E-state index contributed by atoms with van der Waals surface area (Å²) in [5, 5.41) is 3.54. The standard InChI is InChI=1S/C16H17ClN2O/c1-11-10-14(17)6-7-15(11)19-16(20)13-4-2-12(3-5-13)8-9-18/h2-7,10H,8-9,18H2,1H3,(H,19,20). The number of rotatable bonds is 4. The first-order chi connectivity index (χ1) is 9.60. The summed E-state index contributed by atoms with van der Waals surface area (Å²) >= 11 is 5.89. The van der Waals surface area contributed by atoms with Gasteiger partial charge in [-0.1, -0.05) is 23.7 Å². The maximum absolute atomic E-state index is 12.2. The zero-order valence-corrected chi connectivity index (χ0v) is 12.1. The molecule has 0 aliphatic heterocycles. The van der Waals surface area contributed by atoms with Gasteiger partial charge in [0.1, 0.15) is 0 Å². The minimum absolute atomic E-state index is 0.130. The van der Waals surface area contributed by atoms with Crippen LogP contribution < -0.4 is 11.1 Å². The molecule has 104 valence electrons. The third-order valence-corrected chi connectivity index (χ3v) is 3.32. The molecule has 0 heterocycles. The number of nitrogens with one attached hydrogen (secondary N) is 1. The third-order valence-electron chi connectivity index (χ3n) is 3.09. The van der Waals surface area contributed by atoms with Crippen molar-refractivity contribution >= 4 is 23.2 Å². The Balaban J connectivity index is 2.11. The number of anilines is 1. The third kappa shape index (κ3) is 3.59. The molecule has 0 fully saturated rings. The Kier molecular flexibility index (Phi) is 4.77. The van der Waals surface area contributed by atoms with Gasteiger partial charge in [-0.2, -0.15) is 0 Å². The zero-order chi connectivity index (χ0) is 14.5. The molecule has 0 aromatic heterocycles. The topological polar surface area (TPSA) is 55.1 Å². The van der Waals surface area contributed by atoms with Crippen LogP contribution in [-0.4, -0.2) is 12.5 Å². The van der Waals surface area contributed by atoms with Crippen molar-refractivity contribution in [2.24, 2.45) is 5.73 Å². The molecular formula is C16H17ClN2O. The van der Waals surface area contributed by atoms with E-state index in [9.17, 15) is 4.79 Å². The summed E-state index contributed by atoms with van der Waals surface area (Å²) in [6.45, 7) is 2.52. The van der Waals surface area contributed by atoms with Gasteiger partial charge >= 0.3 is 0 Å². The lowest BCUT2D eigenvalue weighted by atomic mass is 10.1. The van der Waals surface area contributed by atoms with E-state index in [1.165, 1.54) is 0 Å². The Morgan fingerprint density at radius 3 is 2.50 bits per heavy atom. The maximum Gasteiger partial charge on any atom is 0.255 e. The number of carbonyl (C=O) groups is 1. The Hall–Kier alpha value is -1.84. The Morgan fingerprint density at radius 1 is 1.20 bits per heavy atom. The molecule has 4 heteroatoms. The molecule has 1 amide bonds. The van der Waals surface area contributed by atoms with E-state index in [1.54, 1.807) is 12.1 Å². The van der Waals surface area contributed by atoms with E-state index in [1.807, 2.05) is 37.3 Å². The molecule has 20 heavy (non-hydrogen) atoms. The highest BCUT2D eigenvalue weighted by molar-refractivity contribution is 6.30. The van der Waals surface area contributed by atoms with E-state index in [4.69, 9.17) is 17.3 Å². The van der Waals surface area contributed by atoms with Crippen LogP contribution in [0, 0.1) is 6.92 Å². The van der Waals surface area contributed by atoms with Gasteiger partial charge < -0.3 is 11.1 Å². The number of benzene rings is 2. The SMILES string of the molecule is Cc1cc(Cl)ccc1NC(=O)c1ccc(CCN)cc1. The van der Waals surface area contributed by atoms with Crippen LogP contribution in [0.1, 0.15) is 21.5 Å². The van der Waals surface area contributed by atoms with E-state index < -0.39 is 0 Å². The second-order valence-corrected chi connectivity index (χ2v) is 5.09. The van der Waals surface area contributed by atoms with Crippen molar-refractivity contribution in [1.82, 2.24) is 0 Å². The first kappa shape index (κ1) is 14.6. The number of carbonyl (C=O) groups excluding carboxylic acids is 1. The van der Waals surface area contributed by atoms with Crippen LogP contribution in [0.5, 0.6) is 0 Å². The summed E-state index contributed by atoms with van der Waals surface area (Å²) in [4.78, 5) is 12.2. The highest BCUT2D eigenvalue weighted by Gasteiger charge is 2.07. The van der Waals surface area contributed by atoms with E-state index in [0.717, 1.165) is 23.2 Å². The van der Waals surface area contributed by atoms with Gasteiger partial charge in [-0.3, -0.25) is 4.79 Å². The van der Waals surface area contributed by atoms with Crippen molar-refractivity contribution in [3.63, 3.8) is 0 Å². The van der Waals surface area contributed by atoms with Crippen molar-refractivity contribution < 1.29 is 4.79 Å². The summed E-state index contributed by atoms with van der Waals surface area (Å²) in [5.74, 6) is -0.130. The van der Waals surface area contributed by atoms with Gasteiger partial charge in [0.2, 0.25) is 0 Å². The Labute approximate surface area is 123 Å². The highest BCUT2D eigenvalue weighted by Crippen LogP contribution is 2.20. The summed E-state index contributed by atoms with van der Waals surface area (Å²) < 4.78 is 0. The number of aryl methyl sites for hydroxylation is 1. The highest BCUT2D eigenvalue weighted by atomic mass is 35.5. The number of nitrogens with two attached hydrogens (primary N) is 1. The van der Waals surface area contributed by atoms with Crippen molar-refractivity contribution in [3.05, 3.63) is 64.2 Å². The molecule has 3 nitrogen and oxygen atoms in total. The van der Waals surface area contributed by atoms with Gasteiger partial charge in [-0.05, 0) is 61.3 Å². The van der Waals surface area contributed by atoms with Crippen LogP contribution in [0.25, 0.3) is 0 Å². The maximum atomic E-state index is 12.2. The van der Waals surface area contributed by atoms with Crippen LogP contribution in [0.2, 0.25) is 5.02 Å². The van der Waals surface area contributed by atoms with Crippen LogP contribution >= 0.6 is 11.6 Å². The normalized spacial score (nSPS) is 10.3. The summed E-state index contributed by atoms with van der Waals surface area (Å²) in [6, 6.07) is 12.9. The fourth-order valence-corrected chi connectivity index (χ4v) is 2.18. The summed E-state index contributed by atoms with van der Waals surface area (Å²) in [7, 11) is 0. The van der Waals surface area contributed by atoms with Crippen LogP contribution in [0.4, 0.5) is 5.69 Å². The molecular weight excluding hydrogens is 272 g/mol. The predicted octanol–water partition coefficient (Wildman–Crippen LogP) is 3.40. The molecule has 0 aliphatic carbocycles. The number of hydrogen-bond acceptors (Lipinski definition) is 2. The smallest absolute Gasteiger partial charge is 0.255 e. The van der Waals surface area contributed by atoms with Gasteiger partial charge in [-0.25, -0.2) is 0 Å². The van der Waals surface area contributed by atoms with E-state index >= 15 is 0 Å². The first-order valence-corrected chi connectivity index (χ1v) is 6.84. The lowest BCUT2D eigenvalue weighted by Gasteiger charge is -2.09. The quantitative estimate of drug-likeness (QED) is 0.906. The molecule has 0 saturated carbocycles. The average Bonchev–Trinajstić information content (AvgIpc) is 2.43. The summed E-state index contributed by atoms with van der Waals surface area (Å²) in [6.07, 6.45) is 0.818. The number of amides is 1. The first-order valence-electron chi connectivity index (χ1n) is 6.46. The van der Waals surface area contributed by atoms with Gasteiger partial charge in [0.15, 0.2) is 0 Å². The van der Waals surface area contributed by atoms with Gasteiger partial charge in [0, 0.05) is 16.3 Å². The Morgan fingerprint density at radius 2 is 1.90 bits per heavy atom. The van der Waals surface area contributed by atoms with E-state index in [2.05, 4.69) is 5.32 Å². The predicted molar refractivity (Wildman–Crippen MR) is 83.3 cm³/mol. The molecule has 3 N–H and O–H groups in total. The van der Waals surface area contributed by atoms with Crippen LogP contribution in [-0.2, 0) is 6.42 Å². The van der Waals surface area contributed by atoms with Gasteiger partial charge in [0.05, 0.1) is 0 Å². The van der Waals surface area contributed by atoms with E-state index in [-0.39, 0.29) is 5.91 Å². The average molecular weight is 289 g/mol. The van der Waals surface area contributed by atoms with Gasteiger partial charge in [0.25, 0.3) is 5.91 Å². The number of hydrogen-bond donors (Lipinski definition) is 2. The van der Waals surface area contributed by atoms with Crippen LogP contribution in [0.3, 0.4) is 0 Å². The minimum atomic E-state index is -0.130. The van der Waals surface area contributed by atoms with Crippen molar-refractivity contribution in [2.75, 3.05) is 11.9 Å². The Bertz CT molecular complexity index is 608. The molecule has 0 bridgehead atoms. The molecule has 0 atom stereocenters. The molecule has 0 aliphatic rings. The molecule has 2 rings (SSSR count).